The predicted octanol–water partition coefficient (Wildman–Crippen LogP) is 1.05. The number of fused-ring (bicyclic) bond motifs is 2. The normalized spacial score (nSPS) is 18.1. The number of aryl methyl sites for hydroxylation is 1. The summed E-state index contributed by atoms with van der Waals surface area (Å²) in [5.74, 6) is 4.64. The number of ether oxygens (including phenoxy) is 2. The van der Waals surface area contributed by atoms with Crippen molar-refractivity contribution in [2.75, 3.05) is 18.0 Å². The molecule has 0 bridgehead atoms. The van der Waals surface area contributed by atoms with Gasteiger partial charge in [-0.15, -0.1) is 14.7 Å². The van der Waals surface area contributed by atoms with Crippen LogP contribution in [0.4, 0.5) is 14.7 Å². The quantitative estimate of drug-likeness (QED) is 0.396. The van der Waals surface area contributed by atoms with Crippen LogP contribution in [0.2, 0.25) is 0 Å². The Bertz CT molecular complexity index is 1600. The number of hydrogen-bond acceptors (Lipinski definition) is 8. The van der Waals surface area contributed by atoms with Gasteiger partial charge in [0.05, 0.1) is 18.7 Å². The molecule has 3 aromatic rings. The zero-order valence-electron chi connectivity index (χ0n) is 20.2. The second kappa shape index (κ2) is 9.04. The molecule has 4 heterocycles. The molecular formula is C24H24F2N6O5. The number of rotatable bonds is 5. The van der Waals surface area contributed by atoms with E-state index in [2.05, 4.69) is 26.3 Å². The van der Waals surface area contributed by atoms with E-state index in [1.165, 1.54) is 29.8 Å². The number of para-hydroxylation sites is 1. The van der Waals surface area contributed by atoms with E-state index < -0.39 is 35.6 Å². The lowest BCUT2D eigenvalue weighted by Gasteiger charge is -2.31. The van der Waals surface area contributed by atoms with Gasteiger partial charge >= 0.3 is 12.0 Å². The van der Waals surface area contributed by atoms with Crippen LogP contribution in [0.15, 0.2) is 27.8 Å². The van der Waals surface area contributed by atoms with Crippen LogP contribution in [0.25, 0.3) is 11.2 Å². The fourth-order valence-electron chi connectivity index (χ4n) is 4.66. The Morgan fingerprint density at radius 2 is 2.05 bits per heavy atom. The Balaban J connectivity index is 1.62. The van der Waals surface area contributed by atoms with Crippen molar-refractivity contribution in [3.05, 3.63) is 44.6 Å². The molecule has 2 aromatic heterocycles. The van der Waals surface area contributed by atoms with E-state index in [4.69, 9.17) is 5.73 Å². The minimum atomic E-state index is -3.93. The standard InChI is InChI=1S/C24H24F2N6O5/c1-3-4-11-31-18-20(28-22(31)30-10-6-7-14(27)12-30)29(2)23(35)32(21(18)34)13-16(33)15-8-5-9-17-19(15)37-24(25,26)36-17/h5,8-9,14H,6-7,10-13,27H2,1-2H3/t14-/m1/s1. The van der Waals surface area contributed by atoms with E-state index in [9.17, 15) is 23.2 Å². The van der Waals surface area contributed by atoms with Gasteiger partial charge in [0.25, 0.3) is 5.56 Å². The first kappa shape index (κ1) is 24.5. The highest BCUT2D eigenvalue weighted by atomic mass is 19.3. The summed E-state index contributed by atoms with van der Waals surface area (Å²) in [5.41, 5.74) is 4.61. The fourth-order valence-corrected chi connectivity index (χ4v) is 4.66. The average molecular weight is 514 g/mol. The molecule has 1 saturated heterocycles. The molecule has 2 N–H and O–H groups in total. The molecule has 0 unspecified atom stereocenters. The van der Waals surface area contributed by atoms with Crippen molar-refractivity contribution >= 4 is 22.9 Å². The van der Waals surface area contributed by atoms with E-state index in [-0.39, 0.29) is 35.1 Å². The number of ketones is 1. The number of carbonyl (C=O) groups excluding carboxylic acids is 1. The first-order valence-corrected chi connectivity index (χ1v) is 11.6. The van der Waals surface area contributed by atoms with E-state index >= 15 is 0 Å². The Morgan fingerprint density at radius 1 is 1.27 bits per heavy atom. The van der Waals surface area contributed by atoms with Crippen molar-refractivity contribution in [2.24, 2.45) is 12.8 Å². The van der Waals surface area contributed by atoms with Gasteiger partial charge in [0.1, 0.15) is 0 Å². The topological polar surface area (TPSA) is 127 Å². The average Bonchev–Trinajstić information content (AvgIpc) is 3.40. The van der Waals surface area contributed by atoms with Gasteiger partial charge in [-0.05, 0) is 31.9 Å². The van der Waals surface area contributed by atoms with Crippen LogP contribution in [-0.4, -0.2) is 49.9 Å². The molecule has 13 heteroatoms. The number of benzene rings is 1. The lowest BCUT2D eigenvalue weighted by molar-refractivity contribution is -0.286. The molecule has 194 valence electrons. The van der Waals surface area contributed by atoms with E-state index in [0.717, 1.165) is 17.4 Å². The minimum absolute atomic E-state index is 0.0662. The molecule has 0 saturated carbocycles. The van der Waals surface area contributed by atoms with Crippen LogP contribution in [-0.2, 0) is 20.1 Å². The monoisotopic (exact) mass is 514 g/mol. The number of imidazole rings is 1. The van der Waals surface area contributed by atoms with Gasteiger partial charge < -0.3 is 20.1 Å². The molecule has 1 fully saturated rings. The Hall–Kier alpha value is -4.18. The van der Waals surface area contributed by atoms with Crippen molar-refractivity contribution in [1.82, 2.24) is 18.7 Å². The van der Waals surface area contributed by atoms with Gasteiger partial charge in [-0.3, -0.25) is 23.3 Å². The van der Waals surface area contributed by atoms with Gasteiger partial charge in [-0.25, -0.2) is 4.79 Å². The molecule has 37 heavy (non-hydrogen) atoms. The molecule has 1 atom stereocenters. The third-order valence-corrected chi connectivity index (χ3v) is 6.40. The zero-order chi connectivity index (χ0) is 26.5. The lowest BCUT2D eigenvalue weighted by atomic mass is 10.1. The molecule has 0 amide bonds. The third kappa shape index (κ3) is 4.23. The summed E-state index contributed by atoms with van der Waals surface area (Å²) >= 11 is 0. The van der Waals surface area contributed by atoms with Gasteiger partial charge in [0.2, 0.25) is 5.95 Å². The van der Waals surface area contributed by atoms with Gasteiger partial charge in [-0.2, -0.15) is 4.98 Å². The lowest BCUT2D eigenvalue weighted by Crippen LogP contribution is -2.44. The number of nitrogens with two attached hydrogens (primary N) is 1. The zero-order valence-corrected chi connectivity index (χ0v) is 20.2. The largest absolute Gasteiger partial charge is 0.586 e. The van der Waals surface area contributed by atoms with Crippen LogP contribution in [0, 0.1) is 11.8 Å². The number of hydrogen-bond donors (Lipinski definition) is 1. The molecule has 0 radical (unpaired) electrons. The maximum atomic E-state index is 13.6. The van der Waals surface area contributed by atoms with Crippen LogP contribution in [0.3, 0.4) is 0 Å². The van der Waals surface area contributed by atoms with Crippen LogP contribution >= 0.6 is 0 Å². The number of aromatic nitrogens is 4. The van der Waals surface area contributed by atoms with Crippen molar-refractivity contribution in [3.8, 4) is 23.3 Å². The molecule has 2 aliphatic rings. The highest BCUT2D eigenvalue weighted by molar-refractivity contribution is 5.99. The first-order chi connectivity index (χ1) is 17.6. The number of alkyl halides is 2. The maximum absolute atomic E-state index is 13.6. The summed E-state index contributed by atoms with van der Waals surface area (Å²) in [6.45, 7) is 2.28. The second-order valence-electron chi connectivity index (χ2n) is 8.90. The highest BCUT2D eigenvalue weighted by Gasteiger charge is 2.45. The number of anilines is 1. The smallest absolute Gasteiger partial charge is 0.395 e. The number of Topliss-reactive ketones (excluding diaryl/α,β-unsaturated/α-hetero) is 1. The Labute approximate surface area is 209 Å². The second-order valence-corrected chi connectivity index (χ2v) is 8.90. The molecular weight excluding hydrogens is 490 g/mol. The third-order valence-electron chi connectivity index (χ3n) is 6.40. The van der Waals surface area contributed by atoms with E-state index in [0.29, 0.717) is 19.0 Å². The molecule has 5 rings (SSSR count). The first-order valence-electron chi connectivity index (χ1n) is 11.6. The van der Waals surface area contributed by atoms with Crippen LogP contribution < -0.4 is 31.4 Å². The summed E-state index contributed by atoms with van der Waals surface area (Å²) in [5, 5.41) is 0. The molecule has 2 aliphatic heterocycles. The SMILES string of the molecule is CC#CCn1c(N2CCC[C@@H](N)C2)nc2c1c(=O)n(CC(=O)c1cccc3c1OC(F)(F)O3)c(=O)n2C. The summed E-state index contributed by atoms with van der Waals surface area (Å²) in [6, 6.07) is 3.77. The number of carbonyl (C=O) groups is 1. The van der Waals surface area contributed by atoms with Gasteiger partial charge in [0, 0.05) is 26.2 Å². The van der Waals surface area contributed by atoms with Crippen molar-refractivity contribution < 1.29 is 23.0 Å². The molecule has 0 spiro atoms. The summed E-state index contributed by atoms with van der Waals surface area (Å²) < 4.78 is 39.6. The Morgan fingerprint density at radius 3 is 2.78 bits per heavy atom. The van der Waals surface area contributed by atoms with E-state index in [1.807, 2.05) is 4.90 Å². The molecule has 11 nitrogen and oxygen atoms in total. The summed E-state index contributed by atoms with van der Waals surface area (Å²) in [4.78, 5) is 46.5. The van der Waals surface area contributed by atoms with Gasteiger partial charge in [0.15, 0.2) is 28.4 Å². The Kier molecular flexibility index (Phi) is 5.99. The van der Waals surface area contributed by atoms with Crippen molar-refractivity contribution in [3.63, 3.8) is 0 Å². The molecule has 1 aromatic carbocycles. The van der Waals surface area contributed by atoms with Crippen LogP contribution in [0.5, 0.6) is 11.5 Å². The fraction of sp³-hybridized carbons (Fsp3) is 0.417. The molecule has 0 aliphatic carbocycles. The minimum Gasteiger partial charge on any atom is -0.395 e. The van der Waals surface area contributed by atoms with Gasteiger partial charge in [-0.1, -0.05) is 12.0 Å². The summed E-state index contributed by atoms with van der Waals surface area (Å²) in [6.07, 6.45) is -2.22. The number of piperidine rings is 1. The summed E-state index contributed by atoms with van der Waals surface area (Å²) in [7, 11) is 1.44. The van der Waals surface area contributed by atoms with E-state index in [1.54, 1.807) is 11.5 Å². The van der Waals surface area contributed by atoms with Crippen LogP contribution in [0.1, 0.15) is 30.1 Å². The number of halogens is 2. The highest BCUT2D eigenvalue weighted by Crippen LogP contribution is 2.43. The maximum Gasteiger partial charge on any atom is 0.586 e. The van der Waals surface area contributed by atoms with Crippen molar-refractivity contribution in [1.29, 1.82) is 0 Å². The predicted molar refractivity (Wildman–Crippen MR) is 129 cm³/mol. The van der Waals surface area contributed by atoms with Crippen molar-refractivity contribution in [2.45, 2.75) is 45.2 Å². The number of nitrogens with zero attached hydrogens (tertiary/aromatic N) is 5.